The van der Waals surface area contributed by atoms with Gasteiger partial charge in [-0.1, -0.05) is 0 Å². The van der Waals surface area contributed by atoms with Crippen LogP contribution in [0.1, 0.15) is 16.8 Å². The summed E-state index contributed by atoms with van der Waals surface area (Å²) in [6.45, 7) is 0.758. The van der Waals surface area contributed by atoms with E-state index in [2.05, 4.69) is 10.0 Å². The quantitative estimate of drug-likeness (QED) is 0.585. The number of methoxy groups -OCH3 is 3. The van der Waals surface area contributed by atoms with Gasteiger partial charge in [-0.05, 0) is 42.8 Å². The van der Waals surface area contributed by atoms with Gasteiger partial charge in [0.05, 0.1) is 24.7 Å². The van der Waals surface area contributed by atoms with E-state index in [1.54, 1.807) is 25.3 Å². The summed E-state index contributed by atoms with van der Waals surface area (Å²) in [7, 11) is 0.937. The van der Waals surface area contributed by atoms with Gasteiger partial charge in [0.1, 0.15) is 11.5 Å². The zero-order valence-electron chi connectivity index (χ0n) is 16.0. The summed E-state index contributed by atoms with van der Waals surface area (Å²) < 4.78 is 42.2. The third-order valence-corrected chi connectivity index (χ3v) is 5.37. The molecule has 2 aromatic rings. The number of hydrogen-bond acceptors (Lipinski definition) is 6. The first-order valence-electron chi connectivity index (χ1n) is 8.53. The Morgan fingerprint density at radius 3 is 2.32 bits per heavy atom. The molecule has 0 saturated carbocycles. The predicted octanol–water partition coefficient (Wildman–Crippen LogP) is 2.27. The molecule has 152 valence electrons. The van der Waals surface area contributed by atoms with Gasteiger partial charge in [-0.2, -0.15) is 0 Å². The summed E-state index contributed by atoms with van der Waals surface area (Å²) in [6, 6.07) is 10.8. The van der Waals surface area contributed by atoms with E-state index in [-0.39, 0.29) is 17.3 Å². The molecule has 0 radical (unpaired) electrons. The number of hydrogen-bond donors (Lipinski definition) is 2. The summed E-state index contributed by atoms with van der Waals surface area (Å²) >= 11 is 0. The number of sulfonamides is 1. The highest BCUT2D eigenvalue weighted by Crippen LogP contribution is 2.25. The topological polar surface area (TPSA) is 103 Å². The van der Waals surface area contributed by atoms with Gasteiger partial charge >= 0.3 is 0 Å². The van der Waals surface area contributed by atoms with Crippen LogP contribution in [0.3, 0.4) is 0 Å². The minimum atomic E-state index is -3.61. The van der Waals surface area contributed by atoms with Gasteiger partial charge in [-0.15, -0.1) is 0 Å². The van der Waals surface area contributed by atoms with E-state index in [1.165, 1.54) is 38.5 Å². The number of amides is 1. The van der Waals surface area contributed by atoms with Crippen LogP contribution >= 0.6 is 0 Å². The molecule has 2 aromatic carbocycles. The van der Waals surface area contributed by atoms with Crippen LogP contribution in [-0.2, 0) is 14.8 Å². The molecule has 0 atom stereocenters. The highest BCUT2D eigenvalue weighted by molar-refractivity contribution is 7.89. The van der Waals surface area contributed by atoms with Crippen molar-refractivity contribution >= 4 is 21.6 Å². The lowest BCUT2D eigenvalue weighted by Gasteiger charge is -2.11. The summed E-state index contributed by atoms with van der Waals surface area (Å²) in [5.41, 5.74) is 0.793. The molecule has 0 aliphatic carbocycles. The molecule has 2 N–H and O–H groups in total. The monoisotopic (exact) mass is 408 g/mol. The first kappa shape index (κ1) is 21.7. The lowest BCUT2D eigenvalue weighted by Crippen LogP contribution is -2.25. The van der Waals surface area contributed by atoms with E-state index in [9.17, 15) is 13.2 Å². The van der Waals surface area contributed by atoms with Gasteiger partial charge in [0.2, 0.25) is 10.0 Å². The van der Waals surface area contributed by atoms with Gasteiger partial charge < -0.3 is 19.5 Å². The van der Waals surface area contributed by atoms with Crippen LogP contribution in [0, 0.1) is 0 Å². The standard InChI is InChI=1S/C19H24N2O6S/c1-25-12-4-11-20-28(23,24)16-8-5-14(6-9-16)21-19(22)17-10-7-15(26-2)13-18(17)27-3/h5-10,13,20H,4,11-12H2,1-3H3,(H,21,22). The average molecular weight is 408 g/mol. The third kappa shape index (κ3) is 5.69. The van der Waals surface area contributed by atoms with E-state index < -0.39 is 10.0 Å². The molecular weight excluding hydrogens is 384 g/mol. The minimum Gasteiger partial charge on any atom is -0.497 e. The second-order valence-electron chi connectivity index (χ2n) is 5.79. The van der Waals surface area contributed by atoms with Gasteiger partial charge in [0, 0.05) is 32.0 Å². The third-order valence-electron chi connectivity index (χ3n) is 3.89. The van der Waals surface area contributed by atoms with Crippen LogP contribution in [0.25, 0.3) is 0 Å². The first-order chi connectivity index (χ1) is 13.4. The van der Waals surface area contributed by atoms with E-state index in [4.69, 9.17) is 14.2 Å². The van der Waals surface area contributed by atoms with Crippen molar-refractivity contribution in [1.29, 1.82) is 0 Å². The summed E-state index contributed by atoms with van der Waals surface area (Å²) in [6.07, 6.45) is 0.577. The average Bonchev–Trinajstić information content (AvgIpc) is 2.71. The second-order valence-corrected chi connectivity index (χ2v) is 7.56. The van der Waals surface area contributed by atoms with Crippen LogP contribution in [0.4, 0.5) is 5.69 Å². The first-order valence-corrected chi connectivity index (χ1v) is 10.0. The Morgan fingerprint density at radius 2 is 1.71 bits per heavy atom. The van der Waals surface area contributed by atoms with Crippen molar-refractivity contribution in [1.82, 2.24) is 4.72 Å². The van der Waals surface area contributed by atoms with Gasteiger partial charge in [0.15, 0.2) is 0 Å². The van der Waals surface area contributed by atoms with Crippen LogP contribution in [-0.4, -0.2) is 48.8 Å². The lowest BCUT2D eigenvalue weighted by molar-refractivity contribution is 0.102. The van der Waals surface area contributed by atoms with Crippen molar-refractivity contribution in [3.63, 3.8) is 0 Å². The highest BCUT2D eigenvalue weighted by Gasteiger charge is 2.16. The molecule has 0 unspecified atom stereocenters. The number of anilines is 1. The van der Waals surface area contributed by atoms with Crippen molar-refractivity contribution in [3.8, 4) is 11.5 Å². The molecule has 28 heavy (non-hydrogen) atoms. The van der Waals surface area contributed by atoms with E-state index in [1.807, 2.05) is 0 Å². The molecule has 0 heterocycles. The van der Waals surface area contributed by atoms with Gasteiger partial charge in [0.25, 0.3) is 5.91 Å². The van der Waals surface area contributed by atoms with Crippen LogP contribution in [0.5, 0.6) is 11.5 Å². The second kappa shape index (κ2) is 10.1. The lowest BCUT2D eigenvalue weighted by atomic mass is 10.1. The van der Waals surface area contributed by atoms with Gasteiger partial charge in [-0.3, -0.25) is 4.79 Å². The van der Waals surface area contributed by atoms with Crippen molar-refractivity contribution < 1.29 is 27.4 Å². The Hall–Kier alpha value is -2.62. The molecule has 0 spiro atoms. The van der Waals surface area contributed by atoms with E-state index >= 15 is 0 Å². The fraction of sp³-hybridized carbons (Fsp3) is 0.316. The largest absolute Gasteiger partial charge is 0.497 e. The predicted molar refractivity (Wildman–Crippen MR) is 106 cm³/mol. The molecule has 0 aromatic heterocycles. The SMILES string of the molecule is COCCCNS(=O)(=O)c1ccc(NC(=O)c2ccc(OC)cc2OC)cc1. The number of carbonyl (C=O) groups excluding carboxylic acids is 1. The molecule has 8 nitrogen and oxygen atoms in total. The Bertz CT molecular complexity index is 897. The smallest absolute Gasteiger partial charge is 0.259 e. The summed E-state index contributed by atoms with van der Waals surface area (Å²) in [5, 5.41) is 2.72. The molecule has 0 fully saturated rings. The molecule has 9 heteroatoms. The summed E-state index contributed by atoms with van der Waals surface area (Å²) in [5.74, 6) is 0.560. The fourth-order valence-corrected chi connectivity index (χ4v) is 3.48. The number of benzene rings is 2. The molecule has 1 amide bonds. The van der Waals surface area contributed by atoms with Crippen LogP contribution in [0.2, 0.25) is 0 Å². The molecule has 0 aliphatic rings. The van der Waals surface area contributed by atoms with Crippen LogP contribution < -0.4 is 19.5 Å². The van der Waals surface area contributed by atoms with Gasteiger partial charge in [-0.25, -0.2) is 13.1 Å². The molecule has 2 rings (SSSR count). The molecule has 0 aliphatic heterocycles. The number of ether oxygens (including phenoxy) is 3. The Balaban J connectivity index is 2.07. The molecule has 0 bridgehead atoms. The Kier molecular flexibility index (Phi) is 7.80. The number of rotatable bonds is 10. The van der Waals surface area contributed by atoms with Crippen molar-refractivity contribution in [2.24, 2.45) is 0 Å². The fourth-order valence-electron chi connectivity index (χ4n) is 2.41. The number of nitrogens with one attached hydrogen (secondary N) is 2. The molecular formula is C19H24N2O6S. The van der Waals surface area contributed by atoms with E-state index in [0.717, 1.165) is 0 Å². The zero-order valence-corrected chi connectivity index (χ0v) is 16.8. The zero-order chi connectivity index (χ0) is 20.6. The van der Waals surface area contributed by atoms with Crippen molar-refractivity contribution in [3.05, 3.63) is 48.0 Å². The van der Waals surface area contributed by atoms with Crippen molar-refractivity contribution in [2.75, 3.05) is 39.8 Å². The maximum absolute atomic E-state index is 12.5. The molecule has 0 saturated heterocycles. The maximum atomic E-state index is 12.5. The maximum Gasteiger partial charge on any atom is 0.259 e. The Morgan fingerprint density at radius 1 is 1.00 bits per heavy atom. The Labute approximate surface area is 164 Å². The van der Waals surface area contributed by atoms with E-state index in [0.29, 0.717) is 35.8 Å². The highest BCUT2D eigenvalue weighted by atomic mass is 32.2. The number of carbonyl (C=O) groups is 1. The van der Waals surface area contributed by atoms with Crippen LogP contribution in [0.15, 0.2) is 47.4 Å². The van der Waals surface area contributed by atoms with Crippen molar-refractivity contribution in [2.45, 2.75) is 11.3 Å². The minimum absolute atomic E-state index is 0.116. The summed E-state index contributed by atoms with van der Waals surface area (Å²) in [4.78, 5) is 12.6. The normalized spacial score (nSPS) is 11.1.